The molecule has 0 aliphatic heterocycles. The molecule has 0 aliphatic rings. The largest absolute Gasteiger partial charge is 0.494 e. The van der Waals surface area contributed by atoms with Crippen LogP contribution >= 0.6 is 0 Å². The first kappa shape index (κ1) is 15.4. The lowest BCUT2D eigenvalue weighted by molar-refractivity contribution is 0.306. The molecule has 2 aromatic rings. The third-order valence-corrected chi connectivity index (χ3v) is 3.03. The van der Waals surface area contributed by atoms with E-state index in [1.165, 1.54) is 0 Å². The number of unbranched alkanes of at least 4 members (excludes halogenated alkanes) is 1. The van der Waals surface area contributed by atoms with Gasteiger partial charge in [-0.1, -0.05) is 18.2 Å². The van der Waals surface area contributed by atoms with Gasteiger partial charge in [0.1, 0.15) is 5.75 Å². The standard InChI is InChI=1S/C16H14F4O/c17-13-10-11(14(18)16(20)15(13)19)6-4-5-9-21-12-7-2-1-3-8-12/h1-3,7-8,10H,4-6,9H2. The van der Waals surface area contributed by atoms with Gasteiger partial charge >= 0.3 is 0 Å². The molecule has 0 unspecified atom stereocenters. The van der Waals surface area contributed by atoms with Crippen molar-refractivity contribution in [1.29, 1.82) is 0 Å². The van der Waals surface area contributed by atoms with Crippen molar-refractivity contribution in [3.8, 4) is 5.75 Å². The van der Waals surface area contributed by atoms with E-state index in [0.717, 1.165) is 5.75 Å². The fraction of sp³-hybridized carbons (Fsp3) is 0.250. The maximum Gasteiger partial charge on any atom is 0.197 e. The van der Waals surface area contributed by atoms with Gasteiger partial charge in [-0.2, -0.15) is 0 Å². The van der Waals surface area contributed by atoms with Crippen LogP contribution in [0.4, 0.5) is 17.6 Å². The van der Waals surface area contributed by atoms with Crippen LogP contribution in [0.25, 0.3) is 0 Å². The van der Waals surface area contributed by atoms with E-state index in [-0.39, 0.29) is 12.0 Å². The van der Waals surface area contributed by atoms with E-state index < -0.39 is 23.3 Å². The summed E-state index contributed by atoms with van der Waals surface area (Å²) in [6, 6.07) is 9.87. The molecule has 0 fully saturated rings. The van der Waals surface area contributed by atoms with Crippen LogP contribution in [0.5, 0.6) is 5.75 Å². The van der Waals surface area contributed by atoms with Crippen molar-refractivity contribution in [2.24, 2.45) is 0 Å². The number of hydrogen-bond donors (Lipinski definition) is 0. The molecule has 0 N–H and O–H groups in total. The summed E-state index contributed by atoms with van der Waals surface area (Å²) < 4.78 is 57.7. The minimum atomic E-state index is -1.77. The van der Waals surface area contributed by atoms with Crippen molar-refractivity contribution in [1.82, 2.24) is 0 Å². The van der Waals surface area contributed by atoms with Crippen LogP contribution in [0.3, 0.4) is 0 Å². The maximum atomic E-state index is 13.4. The first-order valence-electron chi connectivity index (χ1n) is 6.59. The molecule has 0 radical (unpaired) electrons. The molecule has 0 spiro atoms. The van der Waals surface area contributed by atoms with Gasteiger partial charge in [-0.15, -0.1) is 0 Å². The number of ether oxygens (including phenoxy) is 1. The minimum absolute atomic E-state index is 0.123. The molecule has 21 heavy (non-hydrogen) atoms. The average molecular weight is 298 g/mol. The van der Waals surface area contributed by atoms with Crippen molar-refractivity contribution < 1.29 is 22.3 Å². The lowest BCUT2D eigenvalue weighted by atomic mass is 10.1. The Labute approximate surface area is 120 Å². The quantitative estimate of drug-likeness (QED) is 0.326. The predicted molar refractivity (Wildman–Crippen MR) is 71.1 cm³/mol. The first-order chi connectivity index (χ1) is 10.1. The van der Waals surface area contributed by atoms with Crippen LogP contribution in [0.15, 0.2) is 36.4 Å². The Morgan fingerprint density at radius 2 is 1.52 bits per heavy atom. The van der Waals surface area contributed by atoms with E-state index in [4.69, 9.17) is 4.74 Å². The molecule has 5 heteroatoms. The number of hydrogen-bond acceptors (Lipinski definition) is 1. The predicted octanol–water partition coefficient (Wildman–Crippen LogP) is 4.64. The molecule has 0 aromatic heterocycles. The number of benzene rings is 2. The van der Waals surface area contributed by atoms with Crippen LogP contribution in [0.2, 0.25) is 0 Å². The van der Waals surface area contributed by atoms with E-state index in [9.17, 15) is 17.6 Å². The number of rotatable bonds is 6. The minimum Gasteiger partial charge on any atom is -0.494 e. The molecule has 0 saturated carbocycles. The van der Waals surface area contributed by atoms with E-state index in [0.29, 0.717) is 25.5 Å². The Morgan fingerprint density at radius 1 is 0.810 bits per heavy atom. The topological polar surface area (TPSA) is 9.23 Å². The van der Waals surface area contributed by atoms with Crippen LogP contribution in [0.1, 0.15) is 18.4 Å². The zero-order valence-electron chi connectivity index (χ0n) is 11.2. The number of para-hydroxylation sites is 1. The van der Waals surface area contributed by atoms with Crippen molar-refractivity contribution in [2.75, 3.05) is 6.61 Å². The van der Waals surface area contributed by atoms with E-state index in [2.05, 4.69) is 0 Å². The fourth-order valence-electron chi connectivity index (χ4n) is 1.93. The summed E-state index contributed by atoms with van der Waals surface area (Å²) in [6.45, 7) is 0.414. The monoisotopic (exact) mass is 298 g/mol. The van der Waals surface area contributed by atoms with Gasteiger partial charge in [-0.3, -0.25) is 0 Å². The normalized spacial score (nSPS) is 10.7. The Kier molecular flexibility index (Phi) is 5.20. The third kappa shape index (κ3) is 3.97. The second kappa shape index (κ2) is 7.11. The Bertz CT molecular complexity index is 599. The highest BCUT2D eigenvalue weighted by molar-refractivity contribution is 5.22. The van der Waals surface area contributed by atoms with Gasteiger partial charge in [-0.05, 0) is 43.0 Å². The summed E-state index contributed by atoms with van der Waals surface area (Å²) in [4.78, 5) is 0. The number of aryl methyl sites for hydroxylation is 1. The molecule has 0 saturated heterocycles. The molecular formula is C16H14F4O. The summed E-state index contributed by atoms with van der Waals surface area (Å²) in [7, 11) is 0. The fourth-order valence-corrected chi connectivity index (χ4v) is 1.93. The first-order valence-corrected chi connectivity index (χ1v) is 6.59. The molecule has 2 aromatic carbocycles. The highest BCUT2D eigenvalue weighted by Gasteiger charge is 2.18. The molecule has 0 heterocycles. The van der Waals surface area contributed by atoms with Crippen LogP contribution in [-0.2, 0) is 6.42 Å². The van der Waals surface area contributed by atoms with Crippen LogP contribution in [0, 0.1) is 23.3 Å². The molecular weight excluding hydrogens is 284 g/mol. The molecule has 1 nitrogen and oxygen atoms in total. The molecule has 2 rings (SSSR count). The molecule has 0 atom stereocenters. The van der Waals surface area contributed by atoms with Gasteiger partial charge in [-0.25, -0.2) is 17.6 Å². The van der Waals surface area contributed by atoms with Gasteiger partial charge in [0.05, 0.1) is 6.61 Å². The van der Waals surface area contributed by atoms with Crippen LogP contribution < -0.4 is 4.74 Å². The SMILES string of the molecule is Fc1cc(CCCCOc2ccccc2)c(F)c(F)c1F. The highest BCUT2D eigenvalue weighted by atomic mass is 19.2. The zero-order valence-corrected chi connectivity index (χ0v) is 11.2. The van der Waals surface area contributed by atoms with Gasteiger partial charge in [0.2, 0.25) is 0 Å². The van der Waals surface area contributed by atoms with Gasteiger partial charge in [0, 0.05) is 0 Å². The maximum absolute atomic E-state index is 13.4. The van der Waals surface area contributed by atoms with Crippen LogP contribution in [-0.4, -0.2) is 6.61 Å². The summed E-state index contributed by atoms with van der Waals surface area (Å²) >= 11 is 0. The smallest absolute Gasteiger partial charge is 0.197 e. The van der Waals surface area contributed by atoms with E-state index in [1.807, 2.05) is 30.3 Å². The highest BCUT2D eigenvalue weighted by Crippen LogP contribution is 2.20. The Hall–Kier alpha value is -2.04. The second-order valence-electron chi connectivity index (χ2n) is 4.58. The summed E-state index contributed by atoms with van der Waals surface area (Å²) in [6.07, 6.45) is 1.20. The van der Waals surface area contributed by atoms with Crippen molar-refractivity contribution >= 4 is 0 Å². The third-order valence-electron chi connectivity index (χ3n) is 3.03. The second-order valence-corrected chi connectivity index (χ2v) is 4.58. The average Bonchev–Trinajstić information content (AvgIpc) is 2.50. The summed E-state index contributed by atoms with van der Waals surface area (Å²) in [5.41, 5.74) is -0.161. The molecule has 0 bridgehead atoms. The lowest BCUT2D eigenvalue weighted by Crippen LogP contribution is -2.03. The molecule has 0 amide bonds. The van der Waals surface area contributed by atoms with Crippen molar-refractivity contribution in [3.63, 3.8) is 0 Å². The van der Waals surface area contributed by atoms with Gasteiger partial charge < -0.3 is 4.74 Å². The van der Waals surface area contributed by atoms with Crippen molar-refractivity contribution in [2.45, 2.75) is 19.3 Å². The molecule has 0 aliphatic carbocycles. The lowest BCUT2D eigenvalue weighted by Gasteiger charge is -2.07. The van der Waals surface area contributed by atoms with Gasteiger partial charge in [0.25, 0.3) is 0 Å². The Balaban J connectivity index is 1.82. The Morgan fingerprint density at radius 3 is 2.24 bits per heavy atom. The zero-order chi connectivity index (χ0) is 15.2. The van der Waals surface area contributed by atoms with E-state index in [1.54, 1.807) is 0 Å². The van der Waals surface area contributed by atoms with E-state index >= 15 is 0 Å². The summed E-state index contributed by atoms with van der Waals surface area (Å²) in [5, 5.41) is 0. The van der Waals surface area contributed by atoms with Crippen molar-refractivity contribution in [3.05, 3.63) is 65.2 Å². The van der Waals surface area contributed by atoms with Gasteiger partial charge in [0.15, 0.2) is 23.3 Å². The molecule has 112 valence electrons. The summed E-state index contributed by atoms with van der Waals surface area (Å²) in [5.74, 6) is -5.50. The number of halogens is 4.